The van der Waals surface area contributed by atoms with E-state index in [9.17, 15) is 4.79 Å². The molecule has 2 atom stereocenters. The summed E-state index contributed by atoms with van der Waals surface area (Å²) in [6.07, 6.45) is 4.46. The molecule has 1 rings (SSSR count). The van der Waals surface area contributed by atoms with Crippen LogP contribution in [0.15, 0.2) is 24.3 Å². The molecule has 0 saturated heterocycles. The molecule has 0 fully saturated rings. The lowest BCUT2D eigenvalue weighted by atomic mass is 10.1. The second-order valence-electron chi connectivity index (χ2n) is 4.01. The van der Waals surface area contributed by atoms with Crippen molar-refractivity contribution in [1.29, 1.82) is 0 Å². The molecule has 0 aliphatic heterocycles. The average molecular weight is 246 g/mol. The molecule has 1 unspecified atom stereocenters. The van der Waals surface area contributed by atoms with Crippen LogP contribution < -0.4 is 15.8 Å². The average Bonchev–Trinajstić information content (AvgIpc) is 2.36. The predicted octanol–water partition coefficient (Wildman–Crippen LogP) is 1.22. The molecule has 0 aliphatic carbocycles. The summed E-state index contributed by atoms with van der Waals surface area (Å²) in [5, 5.41) is 2.57. The Kier molecular flexibility index (Phi) is 5.22. The first-order valence-electron chi connectivity index (χ1n) is 5.78. The van der Waals surface area contributed by atoms with Crippen molar-refractivity contribution in [2.75, 3.05) is 6.54 Å². The zero-order chi connectivity index (χ0) is 13.5. The Morgan fingerprint density at radius 2 is 2.17 bits per heavy atom. The van der Waals surface area contributed by atoms with Crippen LogP contribution in [0, 0.1) is 12.3 Å². The van der Waals surface area contributed by atoms with Gasteiger partial charge in [0.15, 0.2) is 6.10 Å². The van der Waals surface area contributed by atoms with Crippen LogP contribution in [0.25, 0.3) is 0 Å². The molecule has 1 amide bonds. The number of nitrogens with two attached hydrogens (primary N) is 1. The Morgan fingerprint density at radius 1 is 1.50 bits per heavy atom. The highest BCUT2D eigenvalue weighted by atomic mass is 16.5. The predicted molar refractivity (Wildman–Crippen MR) is 71.0 cm³/mol. The van der Waals surface area contributed by atoms with E-state index in [2.05, 4.69) is 11.2 Å². The lowest BCUT2D eigenvalue weighted by molar-refractivity contribution is -0.127. The van der Waals surface area contributed by atoms with Gasteiger partial charge in [-0.25, -0.2) is 0 Å². The van der Waals surface area contributed by atoms with E-state index in [0.717, 1.165) is 5.56 Å². The third-order valence-electron chi connectivity index (χ3n) is 2.45. The topological polar surface area (TPSA) is 64.3 Å². The molecule has 3 N–H and O–H groups in total. The van der Waals surface area contributed by atoms with Crippen molar-refractivity contribution in [3.8, 4) is 18.1 Å². The molecule has 4 heteroatoms. The Labute approximate surface area is 108 Å². The highest BCUT2D eigenvalue weighted by Gasteiger charge is 2.16. The molecule has 18 heavy (non-hydrogen) atoms. The molecular formula is C14H18N2O2. The fourth-order valence-corrected chi connectivity index (χ4v) is 1.49. The number of terminal acetylenes is 1. The van der Waals surface area contributed by atoms with Crippen LogP contribution >= 0.6 is 0 Å². The minimum atomic E-state index is -0.613. The van der Waals surface area contributed by atoms with E-state index in [1.54, 1.807) is 13.0 Å². The smallest absolute Gasteiger partial charge is 0.261 e. The number of rotatable bonds is 5. The van der Waals surface area contributed by atoms with Crippen molar-refractivity contribution in [2.45, 2.75) is 26.0 Å². The first kappa shape index (κ1) is 14.1. The van der Waals surface area contributed by atoms with E-state index in [-0.39, 0.29) is 18.5 Å². The van der Waals surface area contributed by atoms with Crippen LogP contribution in [0.1, 0.15) is 25.5 Å². The van der Waals surface area contributed by atoms with Gasteiger partial charge in [-0.15, -0.1) is 6.42 Å². The second kappa shape index (κ2) is 6.67. The molecular weight excluding hydrogens is 228 g/mol. The summed E-state index contributed by atoms with van der Waals surface area (Å²) in [5.74, 6) is 2.72. The Bertz CT molecular complexity index is 449. The summed E-state index contributed by atoms with van der Waals surface area (Å²) in [4.78, 5) is 11.6. The van der Waals surface area contributed by atoms with Crippen molar-refractivity contribution in [1.82, 2.24) is 5.32 Å². The minimum absolute atomic E-state index is 0.151. The third-order valence-corrected chi connectivity index (χ3v) is 2.45. The summed E-state index contributed by atoms with van der Waals surface area (Å²) in [7, 11) is 0. The monoisotopic (exact) mass is 246 g/mol. The number of hydrogen-bond donors (Lipinski definition) is 2. The molecule has 96 valence electrons. The molecule has 0 heterocycles. The van der Waals surface area contributed by atoms with Crippen LogP contribution in [0.2, 0.25) is 0 Å². The third kappa shape index (κ3) is 3.79. The Morgan fingerprint density at radius 3 is 2.78 bits per heavy atom. The number of para-hydroxylation sites is 1. The summed E-state index contributed by atoms with van der Waals surface area (Å²) < 4.78 is 5.60. The van der Waals surface area contributed by atoms with Crippen molar-refractivity contribution >= 4 is 5.91 Å². The van der Waals surface area contributed by atoms with E-state index in [1.807, 2.05) is 25.1 Å². The SMILES string of the molecule is C#CCNC(=O)C(C)Oc1ccccc1[C@@H](C)N. The molecule has 0 bridgehead atoms. The van der Waals surface area contributed by atoms with Crippen LogP contribution in [0.3, 0.4) is 0 Å². The van der Waals surface area contributed by atoms with Gasteiger partial charge in [0.2, 0.25) is 0 Å². The minimum Gasteiger partial charge on any atom is -0.481 e. The summed E-state index contributed by atoms with van der Waals surface area (Å²) in [5.41, 5.74) is 6.71. The number of nitrogens with one attached hydrogen (secondary N) is 1. The van der Waals surface area contributed by atoms with Crippen molar-refractivity contribution in [3.05, 3.63) is 29.8 Å². The number of carbonyl (C=O) groups is 1. The van der Waals surface area contributed by atoms with Crippen LogP contribution in [0.4, 0.5) is 0 Å². The fraction of sp³-hybridized carbons (Fsp3) is 0.357. The standard InChI is InChI=1S/C14H18N2O2/c1-4-9-16-14(17)11(3)18-13-8-6-5-7-12(13)10(2)15/h1,5-8,10-11H,9,15H2,2-3H3,(H,16,17)/t10-,11?/m1/s1. The zero-order valence-electron chi connectivity index (χ0n) is 10.6. The lowest BCUT2D eigenvalue weighted by Crippen LogP contribution is -2.36. The quantitative estimate of drug-likeness (QED) is 0.768. The number of ether oxygens (including phenoxy) is 1. The largest absolute Gasteiger partial charge is 0.481 e. The summed E-state index contributed by atoms with van der Waals surface area (Å²) in [6, 6.07) is 7.25. The van der Waals surface area contributed by atoms with Crippen molar-refractivity contribution in [2.24, 2.45) is 5.73 Å². The van der Waals surface area contributed by atoms with E-state index in [1.165, 1.54) is 0 Å². The van der Waals surface area contributed by atoms with Gasteiger partial charge >= 0.3 is 0 Å². The first-order valence-corrected chi connectivity index (χ1v) is 5.78. The maximum absolute atomic E-state index is 11.6. The van der Waals surface area contributed by atoms with Gasteiger partial charge in [-0.05, 0) is 19.9 Å². The Hall–Kier alpha value is -1.99. The van der Waals surface area contributed by atoms with Crippen molar-refractivity contribution < 1.29 is 9.53 Å². The van der Waals surface area contributed by atoms with E-state index >= 15 is 0 Å². The maximum Gasteiger partial charge on any atom is 0.261 e. The lowest BCUT2D eigenvalue weighted by Gasteiger charge is -2.18. The molecule has 1 aromatic rings. The van der Waals surface area contributed by atoms with Gasteiger partial charge in [0.05, 0.1) is 6.54 Å². The zero-order valence-corrected chi connectivity index (χ0v) is 10.6. The summed E-state index contributed by atoms with van der Waals surface area (Å²) >= 11 is 0. The van der Waals surface area contributed by atoms with Gasteiger partial charge in [-0.2, -0.15) is 0 Å². The van der Waals surface area contributed by atoms with Gasteiger partial charge in [-0.3, -0.25) is 4.79 Å². The fourth-order valence-electron chi connectivity index (χ4n) is 1.49. The molecule has 1 aromatic carbocycles. The van der Waals surface area contributed by atoms with Crippen LogP contribution in [-0.4, -0.2) is 18.6 Å². The van der Waals surface area contributed by atoms with Gasteiger partial charge in [0.25, 0.3) is 5.91 Å². The van der Waals surface area contributed by atoms with E-state index in [0.29, 0.717) is 5.75 Å². The number of hydrogen-bond acceptors (Lipinski definition) is 3. The molecule has 0 aromatic heterocycles. The van der Waals surface area contributed by atoms with Gasteiger partial charge < -0.3 is 15.8 Å². The van der Waals surface area contributed by atoms with Gasteiger partial charge in [0.1, 0.15) is 5.75 Å². The molecule has 4 nitrogen and oxygen atoms in total. The number of benzene rings is 1. The van der Waals surface area contributed by atoms with Crippen molar-refractivity contribution in [3.63, 3.8) is 0 Å². The Balaban J connectivity index is 2.73. The number of amides is 1. The van der Waals surface area contributed by atoms with Gasteiger partial charge in [0, 0.05) is 11.6 Å². The van der Waals surface area contributed by atoms with Crippen LogP contribution in [-0.2, 0) is 4.79 Å². The molecule has 0 radical (unpaired) electrons. The molecule has 0 spiro atoms. The van der Waals surface area contributed by atoms with E-state index in [4.69, 9.17) is 16.9 Å². The number of carbonyl (C=O) groups excluding carboxylic acids is 1. The normalized spacial score (nSPS) is 13.2. The van der Waals surface area contributed by atoms with Gasteiger partial charge in [-0.1, -0.05) is 24.1 Å². The molecule has 0 saturated carbocycles. The highest BCUT2D eigenvalue weighted by Crippen LogP contribution is 2.24. The van der Waals surface area contributed by atoms with E-state index < -0.39 is 6.10 Å². The van der Waals surface area contributed by atoms with Crippen LogP contribution in [0.5, 0.6) is 5.75 Å². The summed E-state index contributed by atoms with van der Waals surface area (Å²) in [6.45, 7) is 3.73. The maximum atomic E-state index is 11.6. The highest BCUT2D eigenvalue weighted by molar-refractivity contribution is 5.80. The second-order valence-corrected chi connectivity index (χ2v) is 4.01. The molecule has 0 aliphatic rings. The first-order chi connectivity index (χ1) is 8.56.